The van der Waals surface area contributed by atoms with E-state index in [0.29, 0.717) is 22.1 Å². The molecule has 1 saturated carbocycles. The fraction of sp³-hybridized carbons (Fsp3) is 0.176. The average molecular weight is 372 g/mol. The molecule has 23 heavy (non-hydrogen) atoms. The summed E-state index contributed by atoms with van der Waals surface area (Å²) in [6.07, 6.45) is 4.16. The average Bonchev–Trinajstić information content (AvgIpc) is 3.33. The molecule has 1 aliphatic carbocycles. The molecule has 118 valence electrons. The van der Waals surface area contributed by atoms with Crippen LogP contribution >= 0.6 is 15.9 Å². The van der Waals surface area contributed by atoms with Crippen molar-refractivity contribution in [2.75, 3.05) is 0 Å². The van der Waals surface area contributed by atoms with Gasteiger partial charge in [0.2, 0.25) is 0 Å². The summed E-state index contributed by atoms with van der Waals surface area (Å²) in [6, 6.07) is 11.8. The zero-order valence-corrected chi connectivity index (χ0v) is 14.2. The third kappa shape index (κ3) is 4.10. The molecule has 1 aromatic carbocycles. The highest BCUT2D eigenvalue weighted by Crippen LogP contribution is 2.39. The summed E-state index contributed by atoms with van der Waals surface area (Å²) >= 11 is 3.41. The Balaban J connectivity index is 1.64. The van der Waals surface area contributed by atoms with Gasteiger partial charge >= 0.3 is 0 Å². The summed E-state index contributed by atoms with van der Waals surface area (Å²) in [6.45, 7) is 4.00. The second-order valence-electron chi connectivity index (χ2n) is 5.43. The summed E-state index contributed by atoms with van der Waals surface area (Å²) in [5, 5.41) is 10.3. The number of aromatic nitrogens is 2. The van der Waals surface area contributed by atoms with Gasteiger partial charge in [-0.15, -0.1) is 0 Å². The molecule has 0 aliphatic heterocycles. The summed E-state index contributed by atoms with van der Waals surface area (Å²) in [5.74, 6) is 1.56. The first-order valence-electron chi connectivity index (χ1n) is 7.40. The van der Waals surface area contributed by atoms with Gasteiger partial charge in [0.25, 0.3) is 0 Å². The van der Waals surface area contributed by atoms with Gasteiger partial charge < -0.3 is 11.1 Å². The third-order valence-electron chi connectivity index (χ3n) is 3.58. The SMILES string of the molecule is C=C(NC=C(Br)C(N)=Nc1cc(C2CC2)[nH]n1)c1ccccc1. The van der Waals surface area contributed by atoms with Crippen molar-refractivity contribution in [2.45, 2.75) is 18.8 Å². The van der Waals surface area contributed by atoms with E-state index in [1.807, 2.05) is 36.4 Å². The van der Waals surface area contributed by atoms with Crippen LogP contribution in [0, 0.1) is 0 Å². The zero-order valence-electron chi connectivity index (χ0n) is 12.6. The number of rotatable bonds is 6. The fourth-order valence-corrected chi connectivity index (χ4v) is 2.31. The van der Waals surface area contributed by atoms with Gasteiger partial charge in [0.05, 0.1) is 4.48 Å². The van der Waals surface area contributed by atoms with Crippen LogP contribution in [0.15, 0.2) is 58.7 Å². The van der Waals surface area contributed by atoms with Crippen LogP contribution in [0.5, 0.6) is 0 Å². The first kappa shape index (κ1) is 15.6. The van der Waals surface area contributed by atoms with Gasteiger partial charge in [-0.25, -0.2) is 4.99 Å². The van der Waals surface area contributed by atoms with Crippen molar-refractivity contribution in [1.82, 2.24) is 15.5 Å². The molecule has 3 rings (SSSR count). The number of nitrogens with two attached hydrogens (primary N) is 1. The van der Waals surface area contributed by atoms with Gasteiger partial charge in [0.1, 0.15) is 5.84 Å². The molecule has 0 amide bonds. The Labute approximate surface area is 143 Å². The lowest BCUT2D eigenvalue weighted by Gasteiger charge is -2.06. The molecule has 0 spiro atoms. The number of benzene rings is 1. The summed E-state index contributed by atoms with van der Waals surface area (Å²) in [7, 11) is 0. The van der Waals surface area contributed by atoms with Gasteiger partial charge in [0.15, 0.2) is 5.82 Å². The molecule has 0 unspecified atom stereocenters. The van der Waals surface area contributed by atoms with Crippen LogP contribution in [0.25, 0.3) is 5.70 Å². The standard InChI is InChI=1S/C17H18BrN5/c1-11(12-5-3-2-4-6-12)20-10-14(18)17(19)21-16-9-15(22-23-16)13-7-8-13/h2-6,9-10,13,20H,1,7-8H2,(H3,19,21,22,23). The molecule has 0 saturated heterocycles. The number of nitrogens with zero attached hydrogens (tertiary/aromatic N) is 2. The van der Waals surface area contributed by atoms with E-state index in [4.69, 9.17) is 5.73 Å². The minimum Gasteiger partial charge on any atom is -0.383 e. The highest BCUT2D eigenvalue weighted by molar-refractivity contribution is 9.12. The fourth-order valence-electron chi connectivity index (χ4n) is 2.11. The smallest absolute Gasteiger partial charge is 0.175 e. The van der Waals surface area contributed by atoms with Crippen LogP contribution in [0.3, 0.4) is 0 Å². The molecule has 2 aromatic rings. The predicted molar refractivity (Wildman–Crippen MR) is 97.5 cm³/mol. The minimum atomic E-state index is 0.354. The molecule has 0 radical (unpaired) electrons. The lowest BCUT2D eigenvalue weighted by Crippen LogP contribution is -2.14. The van der Waals surface area contributed by atoms with Crippen molar-refractivity contribution < 1.29 is 0 Å². The van der Waals surface area contributed by atoms with Crippen LogP contribution in [-0.2, 0) is 0 Å². The van der Waals surface area contributed by atoms with Gasteiger partial charge in [-0.1, -0.05) is 36.9 Å². The lowest BCUT2D eigenvalue weighted by molar-refractivity contribution is 0.964. The molecule has 4 N–H and O–H groups in total. The van der Waals surface area contributed by atoms with E-state index in [1.54, 1.807) is 6.20 Å². The molecule has 6 heteroatoms. The Morgan fingerprint density at radius 1 is 1.39 bits per heavy atom. The van der Waals surface area contributed by atoms with Crippen molar-refractivity contribution in [3.05, 3.63) is 64.9 Å². The van der Waals surface area contributed by atoms with Gasteiger partial charge in [-0.05, 0) is 34.3 Å². The Morgan fingerprint density at radius 3 is 2.83 bits per heavy atom. The van der Waals surface area contributed by atoms with E-state index in [1.165, 1.54) is 12.8 Å². The first-order valence-corrected chi connectivity index (χ1v) is 8.19. The number of aliphatic imine (C=N–C) groups is 1. The summed E-state index contributed by atoms with van der Waals surface area (Å²) < 4.78 is 0.644. The lowest BCUT2D eigenvalue weighted by atomic mass is 10.2. The highest BCUT2D eigenvalue weighted by Gasteiger charge is 2.25. The van der Waals surface area contributed by atoms with E-state index in [-0.39, 0.29) is 0 Å². The molecule has 1 aliphatic rings. The second-order valence-corrected chi connectivity index (χ2v) is 6.29. The highest BCUT2D eigenvalue weighted by atomic mass is 79.9. The maximum absolute atomic E-state index is 5.99. The Bertz CT molecular complexity index is 756. The number of hydrogen-bond acceptors (Lipinski definition) is 3. The molecule has 0 bridgehead atoms. The number of H-pyrrole nitrogens is 1. The Kier molecular flexibility index (Phi) is 4.62. The molecule has 0 atom stereocenters. The van der Waals surface area contributed by atoms with E-state index in [0.717, 1.165) is 17.0 Å². The summed E-state index contributed by atoms with van der Waals surface area (Å²) in [5.41, 5.74) is 8.92. The van der Waals surface area contributed by atoms with E-state index >= 15 is 0 Å². The monoisotopic (exact) mass is 371 g/mol. The topological polar surface area (TPSA) is 79.1 Å². The van der Waals surface area contributed by atoms with Crippen LogP contribution in [0.1, 0.15) is 30.0 Å². The Hall–Kier alpha value is -2.34. The molecule has 5 nitrogen and oxygen atoms in total. The van der Waals surface area contributed by atoms with Crippen molar-refractivity contribution in [1.29, 1.82) is 0 Å². The van der Waals surface area contributed by atoms with Crippen molar-refractivity contribution in [3.63, 3.8) is 0 Å². The predicted octanol–water partition coefficient (Wildman–Crippen LogP) is 3.77. The van der Waals surface area contributed by atoms with Crippen LogP contribution in [-0.4, -0.2) is 16.0 Å². The summed E-state index contributed by atoms with van der Waals surface area (Å²) in [4.78, 5) is 4.31. The zero-order chi connectivity index (χ0) is 16.2. The Morgan fingerprint density at radius 2 is 2.13 bits per heavy atom. The molecule has 1 fully saturated rings. The third-order valence-corrected chi connectivity index (χ3v) is 4.21. The normalized spacial score (nSPS) is 15.5. The van der Waals surface area contributed by atoms with Crippen LogP contribution in [0.2, 0.25) is 0 Å². The quantitative estimate of drug-likeness (QED) is 0.534. The van der Waals surface area contributed by atoms with Gasteiger partial charge in [0, 0.05) is 29.6 Å². The number of aromatic amines is 1. The van der Waals surface area contributed by atoms with Crippen molar-refractivity contribution >= 4 is 33.3 Å². The number of hydrogen-bond donors (Lipinski definition) is 3. The van der Waals surface area contributed by atoms with Gasteiger partial charge in [-0.2, -0.15) is 5.10 Å². The van der Waals surface area contributed by atoms with Crippen molar-refractivity contribution in [3.8, 4) is 0 Å². The maximum atomic E-state index is 5.99. The number of halogens is 1. The maximum Gasteiger partial charge on any atom is 0.175 e. The number of nitrogens with one attached hydrogen (secondary N) is 2. The molecular formula is C17H18BrN5. The van der Waals surface area contributed by atoms with Crippen LogP contribution < -0.4 is 11.1 Å². The minimum absolute atomic E-state index is 0.354. The largest absolute Gasteiger partial charge is 0.383 e. The first-order chi connectivity index (χ1) is 11.1. The molecule has 1 aromatic heterocycles. The number of amidine groups is 1. The molecular weight excluding hydrogens is 354 g/mol. The van der Waals surface area contributed by atoms with Crippen molar-refractivity contribution in [2.24, 2.45) is 10.7 Å². The van der Waals surface area contributed by atoms with Gasteiger partial charge in [-0.3, -0.25) is 5.10 Å². The second kappa shape index (κ2) is 6.83. The van der Waals surface area contributed by atoms with Crippen LogP contribution in [0.4, 0.5) is 5.82 Å². The molecule has 1 heterocycles. The van der Waals surface area contributed by atoms with E-state index < -0.39 is 0 Å². The van der Waals surface area contributed by atoms with E-state index in [2.05, 4.69) is 43.0 Å². The van der Waals surface area contributed by atoms with E-state index in [9.17, 15) is 0 Å².